The molecule has 3 nitrogen and oxygen atoms in total. The zero-order valence-electron chi connectivity index (χ0n) is 33.8. The summed E-state index contributed by atoms with van der Waals surface area (Å²) in [7, 11) is -1.59. The number of allylic oxidation sites excluding steroid dienone is 2. The van der Waals surface area contributed by atoms with E-state index in [1.165, 1.54) is 38.9 Å². The van der Waals surface area contributed by atoms with Crippen molar-refractivity contribution in [3.63, 3.8) is 0 Å². The second-order valence-corrected chi connectivity index (χ2v) is 22.2. The van der Waals surface area contributed by atoms with Crippen LogP contribution in [0.25, 0.3) is 33.2 Å². The fourth-order valence-corrected chi connectivity index (χ4v) is 8.10. The van der Waals surface area contributed by atoms with Crippen molar-refractivity contribution in [2.75, 3.05) is 0 Å². The second-order valence-electron chi connectivity index (χ2n) is 17.2. The normalized spacial score (nSPS) is 12.5. The van der Waals surface area contributed by atoms with E-state index in [1.54, 1.807) is 0 Å². The van der Waals surface area contributed by atoms with Crippen molar-refractivity contribution >= 4 is 29.8 Å². The van der Waals surface area contributed by atoms with Crippen molar-refractivity contribution in [1.82, 2.24) is 4.98 Å². The third kappa shape index (κ3) is 12.4. The number of aliphatic hydroxyl groups excluding tert-OH is 1. The molecule has 4 rings (SSSR count). The molecule has 0 aliphatic carbocycles. The van der Waals surface area contributed by atoms with Crippen LogP contribution in [0.15, 0.2) is 78.7 Å². The molecule has 279 valence electrons. The number of carbonyl (C=O) groups excluding carboxylic acids is 1. The van der Waals surface area contributed by atoms with E-state index in [1.807, 2.05) is 27.7 Å². The molecule has 0 saturated carbocycles. The Labute approximate surface area is 325 Å². The van der Waals surface area contributed by atoms with Crippen molar-refractivity contribution in [2.45, 2.75) is 126 Å². The molecule has 0 saturated heterocycles. The number of ketones is 1. The number of pyridine rings is 1. The van der Waals surface area contributed by atoms with Gasteiger partial charge in [-0.15, -0.1) is 29.1 Å². The number of hydrogen-bond donors (Lipinski definition) is 1. The minimum atomic E-state index is -1.59. The summed E-state index contributed by atoms with van der Waals surface area (Å²) in [6, 6.07) is 26.1. The number of rotatable bonds is 11. The van der Waals surface area contributed by atoms with E-state index in [9.17, 15) is 9.90 Å². The molecule has 0 atom stereocenters. The summed E-state index contributed by atoms with van der Waals surface area (Å²) < 4.78 is 0. The van der Waals surface area contributed by atoms with Gasteiger partial charge in [0.2, 0.25) is 0 Å². The van der Waals surface area contributed by atoms with Crippen LogP contribution in [-0.2, 0) is 36.7 Å². The van der Waals surface area contributed by atoms with Crippen molar-refractivity contribution in [2.24, 2.45) is 17.3 Å². The summed E-state index contributed by atoms with van der Waals surface area (Å²) >= 11 is 0. The van der Waals surface area contributed by atoms with Crippen LogP contribution in [0.2, 0.25) is 19.6 Å². The van der Waals surface area contributed by atoms with E-state index < -0.39 is 8.07 Å². The Hall–Kier alpha value is -2.85. The summed E-state index contributed by atoms with van der Waals surface area (Å²) in [4.78, 5) is 16.7. The fourth-order valence-electron chi connectivity index (χ4n) is 6.62. The smallest absolute Gasteiger partial charge is 0.162 e. The van der Waals surface area contributed by atoms with Crippen LogP contribution in [0.5, 0.6) is 0 Å². The third-order valence-corrected chi connectivity index (χ3v) is 11.7. The summed E-state index contributed by atoms with van der Waals surface area (Å²) in [5.74, 6) is 0.547. The molecule has 4 aromatic rings. The zero-order valence-corrected chi connectivity index (χ0v) is 37.1. The minimum absolute atomic E-state index is 0. The maximum absolute atomic E-state index is 11.7. The van der Waals surface area contributed by atoms with Crippen molar-refractivity contribution in [3.05, 3.63) is 95.9 Å². The van der Waals surface area contributed by atoms with Gasteiger partial charge in [0.1, 0.15) is 0 Å². The van der Waals surface area contributed by atoms with E-state index in [4.69, 9.17) is 4.98 Å². The second kappa shape index (κ2) is 18.8. The molecule has 0 bridgehead atoms. The Morgan fingerprint density at radius 1 is 0.843 bits per heavy atom. The van der Waals surface area contributed by atoms with Gasteiger partial charge in [-0.3, -0.25) is 9.78 Å². The average Bonchev–Trinajstić information content (AvgIpc) is 3.04. The van der Waals surface area contributed by atoms with E-state index in [2.05, 4.69) is 134 Å². The summed E-state index contributed by atoms with van der Waals surface area (Å²) in [6.07, 6.45) is 8.13. The SMILES string of the molecule is CC(C)(C)Cc1ccc(-c2cc(-c3[c-]c4ccccc4c(C(C)(C)C)c3)ncc2[Si](C)(C)C)cc1.CCC(CC)C(=O)/C=C(\O)C(CC)CC.[Ir]. The molecular weight excluding hydrogens is 819 g/mol. The predicted molar refractivity (Wildman–Crippen MR) is 220 cm³/mol. The molecule has 0 aliphatic heterocycles. The van der Waals surface area contributed by atoms with Crippen LogP contribution in [-0.4, -0.2) is 23.9 Å². The van der Waals surface area contributed by atoms with Crippen molar-refractivity contribution < 1.29 is 30.0 Å². The molecule has 0 amide bonds. The molecular formula is C46H64IrNO2Si-. The van der Waals surface area contributed by atoms with Gasteiger partial charge in [-0.05, 0) is 64.8 Å². The molecule has 1 aromatic heterocycles. The number of benzene rings is 3. The van der Waals surface area contributed by atoms with Gasteiger partial charge >= 0.3 is 0 Å². The Morgan fingerprint density at radius 3 is 1.92 bits per heavy atom. The van der Waals surface area contributed by atoms with Crippen LogP contribution in [0.1, 0.15) is 106 Å². The summed E-state index contributed by atoms with van der Waals surface area (Å²) in [6.45, 7) is 29.0. The monoisotopic (exact) mass is 883 g/mol. The number of nitrogens with zero attached hydrogens (tertiary/aromatic N) is 1. The predicted octanol–water partition coefficient (Wildman–Crippen LogP) is 12.7. The van der Waals surface area contributed by atoms with Crippen LogP contribution < -0.4 is 5.19 Å². The third-order valence-electron chi connectivity index (χ3n) is 9.65. The first-order valence-electron chi connectivity index (χ1n) is 18.8. The standard InChI is InChI=1S/C33H40NSi.C13H24O2.Ir/c1-32(2,3)21-23-14-16-24(17-15-23)28-20-30(34-22-31(28)35(7,8)9)26-18-25-12-10-11-13-27(25)29(19-26)33(4,5)6;1-5-10(6-2)12(14)9-13(15)11(7-3)8-4;/h10-17,19-20,22H,21H2,1-9H3;9-11,14H,5-8H2,1-4H3;/q-1;;/b;12-9-;. The van der Waals surface area contributed by atoms with Gasteiger partial charge in [0.15, 0.2) is 5.78 Å². The molecule has 1 radical (unpaired) electrons. The summed E-state index contributed by atoms with van der Waals surface area (Å²) in [5, 5.41) is 13.6. The van der Waals surface area contributed by atoms with Crippen LogP contribution in [0, 0.1) is 23.3 Å². The molecule has 0 fully saturated rings. The molecule has 0 aliphatic rings. The first-order chi connectivity index (χ1) is 23.3. The van der Waals surface area contributed by atoms with Gasteiger partial charge in [-0.1, -0.05) is 148 Å². The molecule has 0 spiro atoms. The van der Waals surface area contributed by atoms with E-state index in [0.717, 1.165) is 48.7 Å². The maximum Gasteiger partial charge on any atom is 0.162 e. The van der Waals surface area contributed by atoms with Crippen molar-refractivity contribution in [1.29, 1.82) is 0 Å². The molecule has 5 heteroatoms. The molecule has 0 unspecified atom stereocenters. The Bertz CT molecular complexity index is 1750. The number of fused-ring (bicyclic) bond motifs is 1. The minimum Gasteiger partial charge on any atom is -0.512 e. The average molecular weight is 883 g/mol. The quantitative estimate of drug-likeness (QED) is 0.0707. The largest absolute Gasteiger partial charge is 0.512 e. The fraction of sp³-hybridized carbons (Fsp3) is 0.478. The van der Waals surface area contributed by atoms with Crippen LogP contribution in [0.4, 0.5) is 0 Å². The Kier molecular flexibility index (Phi) is 16.3. The Balaban J connectivity index is 0.000000479. The first kappa shape index (κ1) is 44.3. The van der Waals surface area contributed by atoms with E-state index in [-0.39, 0.29) is 54.3 Å². The zero-order chi connectivity index (χ0) is 37.4. The van der Waals surface area contributed by atoms with Gasteiger partial charge in [0, 0.05) is 49.9 Å². The topological polar surface area (TPSA) is 50.2 Å². The molecule has 1 heterocycles. The number of aromatic nitrogens is 1. The molecule has 1 N–H and O–H groups in total. The van der Waals surface area contributed by atoms with Gasteiger partial charge in [0.05, 0.1) is 13.8 Å². The van der Waals surface area contributed by atoms with Gasteiger partial charge in [-0.2, -0.15) is 0 Å². The van der Waals surface area contributed by atoms with Crippen LogP contribution in [0.3, 0.4) is 0 Å². The Morgan fingerprint density at radius 2 is 1.41 bits per heavy atom. The van der Waals surface area contributed by atoms with Crippen LogP contribution >= 0.6 is 0 Å². The van der Waals surface area contributed by atoms with E-state index >= 15 is 0 Å². The maximum atomic E-state index is 11.7. The first-order valence-corrected chi connectivity index (χ1v) is 22.3. The van der Waals surface area contributed by atoms with Gasteiger partial charge in [-0.25, -0.2) is 0 Å². The van der Waals surface area contributed by atoms with E-state index in [0.29, 0.717) is 0 Å². The molecule has 3 aromatic carbocycles. The number of aliphatic hydroxyl groups is 1. The van der Waals surface area contributed by atoms with Gasteiger partial charge < -0.3 is 5.11 Å². The number of hydrogen-bond acceptors (Lipinski definition) is 3. The number of carbonyl (C=O) groups is 1. The molecule has 51 heavy (non-hydrogen) atoms. The van der Waals surface area contributed by atoms with Crippen molar-refractivity contribution in [3.8, 4) is 22.4 Å². The van der Waals surface area contributed by atoms with Gasteiger partial charge in [0.25, 0.3) is 0 Å². The summed E-state index contributed by atoms with van der Waals surface area (Å²) in [5.41, 5.74) is 7.71.